The number of nitrogens with one attached hydrogen (secondary N) is 1. The summed E-state index contributed by atoms with van der Waals surface area (Å²) in [5, 5.41) is 2.82. The second-order valence-corrected chi connectivity index (χ2v) is 6.79. The normalized spacial score (nSPS) is 12.4. The molecule has 154 valence electrons. The molecule has 0 radical (unpaired) electrons. The maximum absolute atomic E-state index is 12.8. The lowest BCUT2D eigenvalue weighted by molar-refractivity contribution is -0.137. The molecule has 2 aromatic carbocycles. The Morgan fingerprint density at radius 3 is 2.31 bits per heavy atom. The average molecular weight is 405 g/mol. The average Bonchev–Trinajstić information content (AvgIpc) is 2.69. The van der Waals surface area contributed by atoms with Gasteiger partial charge in [0.05, 0.1) is 18.2 Å². The van der Waals surface area contributed by atoms with E-state index in [1.807, 2.05) is 0 Å². The first-order valence-corrected chi connectivity index (χ1v) is 9.16. The van der Waals surface area contributed by atoms with Crippen LogP contribution in [-0.4, -0.2) is 29.9 Å². The van der Waals surface area contributed by atoms with Crippen LogP contribution in [0.1, 0.15) is 41.3 Å². The van der Waals surface area contributed by atoms with E-state index in [0.717, 1.165) is 12.1 Å². The molecule has 0 unspecified atom stereocenters. The molecule has 0 bridgehead atoms. The third kappa shape index (κ3) is 7.27. The summed E-state index contributed by atoms with van der Waals surface area (Å²) in [6.45, 7) is 1.23. The van der Waals surface area contributed by atoms with Crippen LogP contribution in [0.5, 0.6) is 0 Å². The van der Waals surface area contributed by atoms with E-state index in [2.05, 4.69) is 5.32 Å². The number of hydrogen-bond acceptors (Lipinski definition) is 4. The fourth-order valence-electron chi connectivity index (χ4n) is 2.87. The summed E-state index contributed by atoms with van der Waals surface area (Å²) in [7, 11) is 0. The van der Waals surface area contributed by atoms with Crippen LogP contribution in [0.3, 0.4) is 0 Å². The first kappa shape index (κ1) is 22.5. The summed E-state index contributed by atoms with van der Waals surface area (Å²) in [6.07, 6.45) is -4.45. The molecule has 1 N–H and O–H groups in total. The highest BCUT2D eigenvalue weighted by Crippen LogP contribution is 2.29. The topological polar surface area (TPSA) is 63.2 Å². The summed E-state index contributed by atoms with van der Waals surface area (Å²) in [4.78, 5) is 36.2. The van der Waals surface area contributed by atoms with Gasteiger partial charge in [0.25, 0.3) is 0 Å². The molecule has 0 aliphatic heterocycles. The number of Topliss-reactive ketones (excluding diaryl/α,β-unsaturated/α-hetero) is 3. The summed E-state index contributed by atoms with van der Waals surface area (Å²) in [5.74, 6) is -0.759. The SMILES string of the molecule is CC(=O)C[C@@H](NCC(=O)c1ccccc1)C(=O)CCc1cccc(C(F)(F)F)c1. The van der Waals surface area contributed by atoms with Gasteiger partial charge in [-0.25, -0.2) is 0 Å². The quantitative estimate of drug-likeness (QED) is 0.607. The smallest absolute Gasteiger partial charge is 0.300 e. The zero-order valence-corrected chi connectivity index (χ0v) is 16.0. The van der Waals surface area contributed by atoms with Crippen molar-refractivity contribution in [1.29, 1.82) is 0 Å². The zero-order chi connectivity index (χ0) is 21.4. The Balaban J connectivity index is 1.98. The van der Waals surface area contributed by atoms with E-state index < -0.39 is 17.8 Å². The molecule has 0 aromatic heterocycles. The Hall–Kier alpha value is -2.80. The van der Waals surface area contributed by atoms with Crippen LogP contribution < -0.4 is 5.32 Å². The fourth-order valence-corrected chi connectivity index (χ4v) is 2.87. The summed E-state index contributed by atoms with van der Waals surface area (Å²) >= 11 is 0. The van der Waals surface area contributed by atoms with Crippen LogP contribution >= 0.6 is 0 Å². The highest BCUT2D eigenvalue weighted by Gasteiger charge is 2.30. The lowest BCUT2D eigenvalue weighted by atomic mass is 9.98. The van der Waals surface area contributed by atoms with Crippen molar-refractivity contribution in [3.05, 3.63) is 71.3 Å². The number of benzene rings is 2. The molecule has 0 fully saturated rings. The number of hydrogen-bond donors (Lipinski definition) is 1. The number of aryl methyl sites for hydroxylation is 1. The lowest BCUT2D eigenvalue weighted by Gasteiger charge is -2.16. The molecule has 0 spiro atoms. The Kier molecular flexibility index (Phi) is 7.84. The van der Waals surface area contributed by atoms with Gasteiger partial charge in [-0.2, -0.15) is 13.2 Å². The van der Waals surface area contributed by atoms with Gasteiger partial charge >= 0.3 is 6.18 Å². The first-order valence-electron chi connectivity index (χ1n) is 9.16. The Labute approximate surface area is 167 Å². The fraction of sp³-hybridized carbons (Fsp3) is 0.318. The van der Waals surface area contributed by atoms with Crippen LogP contribution in [0.4, 0.5) is 13.2 Å². The number of carbonyl (C=O) groups excluding carboxylic acids is 3. The molecule has 7 heteroatoms. The zero-order valence-electron chi connectivity index (χ0n) is 16.0. The predicted octanol–water partition coefficient (Wildman–Crippen LogP) is 4.03. The van der Waals surface area contributed by atoms with Gasteiger partial charge in [-0.1, -0.05) is 48.5 Å². The Morgan fingerprint density at radius 1 is 1.00 bits per heavy atom. The van der Waals surface area contributed by atoms with Gasteiger partial charge in [0, 0.05) is 18.4 Å². The standard InChI is InChI=1S/C22H22F3NO3/c1-15(27)12-19(26-14-21(29)17-7-3-2-4-8-17)20(28)11-10-16-6-5-9-18(13-16)22(23,24)25/h2-9,13,19,26H,10-12,14H2,1H3/t19-/m1/s1. The van der Waals surface area contributed by atoms with E-state index in [9.17, 15) is 27.6 Å². The minimum Gasteiger partial charge on any atom is -0.300 e. The molecule has 29 heavy (non-hydrogen) atoms. The molecule has 0 aliphatic rings. The lowest BCUT2D eigenvalue weighted by Crippen LogP contribution is -2.41. The third-order valence-electron chi connectivity index (χ3n) is 4.40. The number of alkyl halides is 3. The van der Waals surface area contributed by atoms with E-state index in [1.54, 1.807) is 30.3 Å². The van der Waals surface area contributed by atoms with Crippen LogP contribution in [0, 0.1) is 0 Å². The van der Waals surface area contributed by atoms with Gasteiger partial charge in [-0.3, -0.25) is 19.7 Å². The van der Waals surface area contributed by atoms with Crippen molar-refractivity contribution in [2.24, 2.45) is 0 Å². The molecule has 0 saturated carbocycles. The van der Waals surface area contributed by atoms with E-state index in [1.165, 1.54) is 19.1 Å². The van der Waals surface area contributed by atoms with Gasteiger partial charge in [0.15, 0.2) is 11.6 Å². The van der Waals surface area contributed by atoms with Crippen molar-refractivity contribution in [2.75, 3.05) is 6.54 Å². The predicted molar refractivity (Wildman–Crippen MR) is 103 cm³/mol. The van der Waals surface area contributed by atoms with E-state index in [4.69, 9.17) is 0 Å². The van der Waals surface area contributed by atoms with Gasteiger partial charge in [-0.15, -0.1) is 0 Å². The van der Waals surface area contributed by atoms with E-state index in [-0.39, 0.29) is 43.2 Å². The molecule has 4 nitrogen and oxygen atoms in total. The summed E-state index contributed by atoms with van der Waals surface area (Å²) in [5.41, 5.74) is 0.0995. The molecule has 0 saturated heterocycles. The van der Waals surface area contributed by atoms with Crippen molar-refractivity contribution in [2.45, 2.75) is 38.4 Å². The first-order chi connectivity index (χ1) is 13.7. The number of halogens is 3. The Morgan fingerprint density at radius 2 is 1.69 bits per heavy atom. The third-order valence-corrected chi connectivity index (χ3v) is 4.40. The van der Waals surface area contributed by atoms with E-state index >= 15 is 0 Å². The van der Waals surface area contributed by atoms with Crippen molar-refractivity contribution in [3.8, 4) is 0 Å². The summed E-state index contributed by atoms with van der Waals surface area (Å²) in [6, 6.07) is 12.5. The molecular formula is C22H22F3NO3. The van der Waals surface area contributed by atoms with Gasteiger partial charge in [-0.05, 0) is 25.0 Å². The van der Waals surface area contributed by atoms with Crippen molar-refractivity contribution < 1.29 is 27.6 Å². The molecule has 0 aliphatic carbocycles. The second kappa shape index (κ2) is 10.1. The van der Waals surface area contributed by atoms with Crippen molar-refractivity contribution in [3.63, 3.8) is 0 Å². The number of carbonyl (C=O) groups is 3. The van der Waals surface area contributed by atoms with Crippen LogP contribution in [-0.2, 0) is 22.2 Å². The largest absolute Gasteiger partial charge is 0.416 e. The van der Waals surface area contributed by atoms with Crippen molar-refractivity contribution >= 4 is 17.3 Å². The number of ketones is 3. The monoisotopic (exact) mass is 405 g/mol. The molecule has 1 atom stereocenters. The highest BCUT2D eigenvalue weighted by atomic mass is 19.4. The molecule has 0 heterocycles. The molecule has 2 rings (SSSR count). The maximum atomic E-state index is 12.8. The van der Waals surface area contributed by atoms with Gasteiger partial charge in [0.2, 0.25) is 0 Å². The van der Waals surface area contributed by atoms with Gasteiger partial charge < -0.3 is 0 Å². The maximum Gasteiger partial charge on any atom is 0.416 e. The van der Waals surface area contributed by atoms with Gasteiger partial charge in [0.1, 0.15) is 5.78 Å². The molecule has 2 aromatic rings. The Bertz CT molecular complexity index is 863. The summed E-state index contributed by atoms with van der Waals surface area (Å²) < 4.78 is 38.4. The molecule has 0 amide bonds. The van der Waals surface area contributed by atoms with E-state index in [0.29, 0.717) is 11.1 Å². The minimum absolute atomic E-state index is 0.0359. The highest BCUT2D eigenvalue weighted by molar-refractivity contribution is 5.98. The van der Waals surface area contributed by atoms with Crippen LogP contribution in [0.2, 0.25) is 0 Å². The minimum atomic E-state index is -4.45. The number of rotatable bonds is 10. The molecular weight excluding hydrogens is 383 g/mol. The second-order valence-electron chi connectivity index (χ2n) is 6.79. The van der Waals surface area contributed by atoms with Crippen LogP contribution in [0.25, 0.3) is 0 Å². The van der Waals surface area contributed by atoms with Crippen molar-refractivity contribution in [1.82, 2.24) is 5.32 Å². The van der Waals surface area contributed by atoms with Crippen LogP contribution in [0.15, 0.2) is 54.6 Å².